The van der Waals surface area contributed by atoms with E-state index in [2.05, 4.69) is 29.7 Å². The van der Waals surface area contributed by atoms with Gasteiger partial charge < -0.3 is 4.74 Å². The van der Waals surface area contributed by atoms with Crippen molar-refractivity contribution in [2.75, 3.05) is 6.61 Å². The molecular formula is C8H17N3OSSi. The fourth-order valence-corrected chi connectivity index (χ4v) is 1.83. The van der Waals surface area contributed by atoms with Gasteiger partial charge in [0.15, 0.2) is 0 Å². The highest BCUT2D eigenvalue weighted by Crippen LogP contribution is 2.07. The largest absolute Gasteiger partial charge is 0.360 e. The molecule has 1 N–H and O–H groups in total. The first-order chi connectivity index (χ1) is 6.47. The standard InChI is InChI=1S/C8H17N3OSSi/c1-14(2,3)5-4-12-7-11-6-9-8(13)10-11/h6H,4-5,7H2,1-3H3,(H,10,13). The molecule has 0 aliphatic heterocycles. The molecule has 1 aromatic rings. The molecule has 0 unspecified atom stereocenters. The van der Waals surface area contributed by atoms with Crippen LogP contribution in [-0.4, -0.2) is 29.4 Å². The van der Waals surface area contributed by atoms with Crippen molar-refractivity contribution in [3.05, 3.63) is 11.1 Å². The van der Waals surface area contributed by atoms with Gasteiger partial charge in [0, 0.05) is 14.7 Å². The Labute approximate surface area is 90.3 Å². The number of hydrogen-bond acceptors (Lipinski definition) is 3. The van der Waals surface area contributed by atoms with Crippen molar-refractivity contribution in [1.82, 2.24) is 14.8 Å². The van der Waals surface area contributed by atoms with Crippen molar-refractivity contribution in [2.45, 2.75) is 32.4 Å². The number of hydrogen-bond donors (Lipinski definition) is 1. The molecule has 0 aliphatic rings. The SMILES string of the molecule is C[Si](C)(C)CCOCn1cnc(=S)[nH]1. The van der Waals surface area contributed by atoms with Crippen LogP contribution in [0.5, 0.6) is 0 Å². The zero-order chi connectivity index (χ0) is 10.6. The Balaban J connectivity index is 2.19. The van der Waals surface area contributed by atoms with Crippen LogP contribution >= 0.6 is 12.2 Å². The normalized spacial score (nSPS) is 11.9. The molecule has 0 atom stereocenters. The lowest BCUT2D eigenvalue weighted by Gasteiger charge is -2.15. The molecule has 0 bridgehead atoms. The molecule has 0 radical (unpaired) electrons. The van der Waals surface area contributed by atoms with Crippen molar-refractivity contribution in [2.24, 2.45) is 0 Å². The number of nitrogens with zero attached hydrogens (tertiary/aromatic N) is 2. The van der Waals surface area contributed by atoms with Crippen LogP contribution in [0.1, 0.15) is 0 Å². The van der Waals surface area contributed by atoms with Gasteiger partial charge in [-0.2, -0.15) is 0 Å². The van der Waals surface area contributed by atoms with Gasteiger partial charge in [0.25, 0.3) is 0 Å². The van der Waals surface area contributed by atoms with E-state index in [1.807, 2.05) is 0 Å². The van der Waals surface area contributed by atoms with E-state index in [9.17, 15) is 0 Å². The molecule has 0 saturated heterocycles. The summed E-state index contributed by atoms with van der Waals surface area (Å²) in [5, 5.41) is 2.88. The lowest BCUT2D eigenvalue weighted by molar-refractivity contribution is 0.0782. The second-order valence-corrected chi connectivity index (χ2v) is 10.5. The van der Waals surface area contributed by atoms with Gasteiger partial charge in [-0.05, 0) is 18.3 Å². The minimum Gasteiger partial charge on any atom is -0.360 e. The number of H-pyrrole nitrogens is 1. The lowest BCUT2D eigenvalue weighted by atomic mass is 10.8. The van der Waals surface area contributed by atoms with Gasteiger partial charge in [0.05, 0.1) is 0 Å². The Morgan fingerprint density at radius 1 is 1.57 bits per heavy atom. The summed E-state index contributed by atoms with van der Waals surface area (Å²) in [5.74, 6) is 0. The van der Waals surface area contributed by atoms with Crippen molar-refractivity contribution in [3.63, 3.8) is 0 Å². The van der Waals surface area contributed by atoms with Gasteiger partial charge in [-0.15, -0.1) is 0 Å². The van der Waals surface area contributed by atoms with Crippen LogP contribution in [0.3, 0.4) is 0 Å². The third-order valence-corrected chi connectivity index (χ3v) is 3.68. The fourth-order valence-electron chi connectivity index (χ4n) is 0.910. The van der Waals surface area contributed by atoms with E-state index in [1.54, 1.807) is 11.0 Å². The van der Waals surface area contributed by atoms with Crippen molar-refractivity contribution < 1.29 is 4.74 Å². The summed E-state index contributed by atoms with van der Waals surface area (Å²) in [6, 6.07) is 1.18. The van der Waals surface area contributed by atoms with Crippen LogP contribution in [0, 0.1) is 4.77 Å². The van der Waals surface area contributed by atoms with E-state index in [0.717, 1.165) is 6.61 Å². The Kier molecular flexibility index (Phi) is 4.03. The molecular weight excluding hydrogens is 214 g/mol. The van der Waals surface area contributed by atoms with Crippen LogP contribution in [0.4, 0.5) is 0 Å². The van der Waals surface area contributed by atoms with E-state index in [1.165, 1.54) is 6.04 Å². The maximum Gasteiger partial charge on any atom is 0.213 e. The molecule has 0 fully saturated rings. The smallest absolute Gasteiger partial charge is 0.213 e. The molecule has 14 heavy (non-hydrogen) atoms. The van der Waals surface area contributed by atoms with E-state index in [-0.39, 0.29) is 0 Å². The highest BCUT2D eigenvalue weighted by molar-refractivity contribution is 7.71. The highest BCUT2D eigenvalue weighted by atomic mass is 32.1. The molecule has 80 valence electrons. The Morgan fingerprint density at radius 3 is 2.79 bits per heavy atom. The summed E-state index contributed by atoms with van der Waals surface area (Å²) >= 11 is 4.83. The van der Waals surface area contributed by atoms with Crippen LogP contribution < -0.4 is 0 Å². The molecule has 1 rings (SSSR count). The Hall–Kier alpha value is -0.463. The molecule has 6 heteroatoms. The second-order valence-electron chi connectivity index (χ2n) is 4.48. The summed E-state index contributed by atoms with van der Waals surface area (Å²) in [6.45, 7) is 8.33. The zero-order valence-corrected chi connectivity index (χ0v) is 10.7. The summed E-state index contributed by atoms with van der Waals surface area (Å²) < 4.78 is 7.73. The molecule has 0 spiro atoms. The lowest BCUT2D eigenvalue weighted by Crippen LogP contribution is -2.22. The summed E-state index contributed by atoms with van der Waals surface area (Å²) in [5.41, 5.74) is 0. The van der Waals surface area contributed by atoms with Crippen LogP contribution in [0.15, 0.2) is 6.33 Å². The van der Waals surface area contributed by atoms with Crippen LogP contribution in [-0.2, 0) is 11.5 Å². The highest BCUT2D eigenvalue weighted by Gasteiger charge is 2.11. The van der Waals surface area contributed by atoms with Gasteiger partial charge in [-0.3, -0.25) is 5.10 Å². The maximum atomic E-state index is 5.49. The third kappa shape index (κ3) is 4.68. The van der Waals surface area contributed by atoms with Crippen LogP contribution in [0.2, 0.25) is 25.7 Å². The zero-order valence-electron chi connectivity index (χ0n) is 8.91. The van der Waals surface area contributed by atoms with Crippen LogP contribution in [0.25, 0.3) is 0 Å². The molecule has 1 aromatic heterocycles. The molecule has 4 nitrogen and oxygen atoms in total. The first-order valence-electron chi connectivity index (χ1n) is 4.66. The first-order valence-corrected chi connectivity index (χ1v) is 8.78. The number of ether oxygens (including phenoxy) is 1. The van der Waals surface area contributed by atoms with Crippen molar-refractivity contribution in [1.29, 1.82) is 0 Å². The fraction of sp³-hybridized carbons (Fsp3) is 0.750. The number of nitrogens with one attached hydrogen (secondary N) is 1. The molecule has 1 heterocycles. The van der Waals surface area contributed by atoms with E-state index >= 15 is 0 Å². The summed E-state index contributed by atoms with van der Waals surface area (Å²) in [7, 11) is -0.971. The average Bonchev–Trinajstić information content (AvgIpc) is 2.44. The van der Waals surface area contributed by atoms with Gasteiger partial charge >= 0.3 is 0 Å². The van der Waals surface area contributed by atoms with Gasteiger partial charge in [0.2, 0.25) is 4.77 Å². The summed E-state index contributed by atoms with van der Waals surface area (Å²) in [6.07, 6.45) is 1.65. The first kappa shape index (κ1) is 11.6. The minimum absolute atomic E-state index is 0.499. The topological polar surface area (TPSA) is 42.8 Å². The van der Waals surface area contributed by atoms with Gasteiger partial charge in [-0.1, -0.05) is 19.6 Å². The van der Waals surface area contributed by atoms with Gasteiger partial charge in [-0.25, -0.2) is 9.67 Å². The monoisotopic (exact) mass is 231 g/mol. The van der Waals surface area contributed by atoms with Crippen molar-refractivity contribution in [3.8, 4) is 0 Å². The molecule has 0 amide bonds. The molecule has 0 aromatic carbocycles. The second kappa shape index (κ2) is 4.86. The van der Waals surface area contributed by atoms with Gasteiger partial charge in [0.1, 0.15) is 13.1 Å². The van der Waals surface area contributed by atoms with E-state index in [0.29, 0.717) is 11.5 Å². The van der Waals surface area contributed by atoms with Crippen molar-refractivity contribution >= 4 is 20.3 Å². The Morgan fingerprint density at radius 2 is 2.29 bits per heavy atom. The third-order valence-electron chi connectivity index (χ3n) is 1.78. The molecule has 0 aliphatic carbocycles. The van der Waals surface area contributed by atoms with E-state index < -0.39 is 8.07 Å². The predicted molar refractivity (Wildman–Crippen MR) is 61.5 cm³/mol. The predicted octanol–water partition coefficient (Wildman–Crippen LogP) is 2.25. The Bertz CT molecular complexity index is 328. The summed E-state index contributed by atoms with van der Waals surface area (Å²) in [4.78, 5) is 3.90. The number of aromatic nitrogens is 3. The quantitative estimate of drug-likeness (QED) is 0.480. The number of aromatic amines is 1. The number of rotatable bonds is 5. The van der Waals surface area contributed by atoms with E-state index in [4.69, 9.17) is 17.0 Å². The molecule has 0 saturated carbocycles. The minimum atomic E-state index is -0.971. The average molecular weight is 231 g/mol. The maximum absolute atomic E-state index is 5.49.